The Balaban J connectivity index is 1.60. The molecule has 2 amide bonds. The van der Waals surface area contributed by atoms with Crippen LogP contribution in [0.15, 0.2) is 34.1 Å². The van der Waals surface area contributed by atoms with E-state index in [-0.39, 0.29) is 17.4 Å². The molecule has 0 aliphatic carbocycles. The van der Waals surface area contributed by atoms with Gasteiger partial charge in [-0.2, -0.15) is 0 Å². The molecule has 2 rings (SSSR count). The predicted molar refractivity (Wildman–Crippen MR) is 101 cm³/mol. The molecule has 2 aromatic rings. The highest BCUT2D eigenvalue weighted by atomic mass is 79.9. The molecule has 0 saturated heterocycles. The van der Waals surface area contributed by atoms with Gasteiger partial charge in [-0.05, 0) is 65.5 Å². The summed E-state index contributed by atoms with van der Waals surface area (Å²) < 4.78 is 14.5. The van der Waals surface area contributed by atoms with Crippen LogP contribution in [-0.2, 0) is 11.2 Å². The fourth-order valence-corrected chi connectivity index (χ4v) is 3.74. The van der Waals surface area contributed by atoms with E-state index in [0.29, 0.717) is 25.1 Å². The number of hydrogen-bond acceptors (Lipinski definition) is 3. The van der Waals surface area contributed by atoms with Crippen molar-refractivity contribution in [3.63, 3.8) is 0 Å². The van der Waals surface area contributed by atoms with E-state index in [1.54, 1.807) is 30.4 Å². The first-order valence-electron chi connectivity index (χ1n) is 8.01. The molecular weight excluding hydrogens is 407 g/mol. The molecule has 0 atom stereocenters. The Morgan fingerprint density at radius 3 is 2.60 bits per heavy atom. The average Bonchev–Trinajstić information content (AvgIpc) is 2.99. The first-order valence-corrected chi connectivity index (χ1v) is 9.62. The topological polar surface area (TPSA) is 58.2 Å². The standard InChI is InChI=1S/C18H20BrFN2O2S/c1-12-5-6-13(11-15(12)20)18(24)22-10-9-21-17(23)4-2-3-14-7-8-16(19)25-14/h5-8,11H,2-4,9-10H2,1H3,(H,21,23)(H,22,24). The maximum absolute atomic E-state index is 13.4. The number of hydrogen-bond donors (Lipinski definition) is 2. The zero-order valence-electron chi connectivity index (χ0n) is 13.9. The molecule has 7 heteroatoms. The van der Waals surface area contributed by atoms with Crippen LogP contribution in [0, 0.1) is 12.7 Å². The van der Waals surface area contributed by atoms with E-state index in [1.165, 1.54) is 10.9 Å². The molecule has 0 spiro atoms. The lowest BCUT2D eigenvalue weighted by Crippen LogP contribution is -2.34. The van der Waals surface area contributed by atoms with E-state index in [4.69, 9.17) is 0 Å². The Morgan fingerprint density at radius 1 is 1.16 bits per heavy atom. The van der Waals surface area contributed by atoms with Crippen molar-refractivity contribution < 1.29 is 14.0 Å². The number of benzene rings is 1. The number of rotatable bonds is 8. The molecular formula is C18H20BrFN2O2S. The van der Waals surface area contributed by atoms with Crippen molar-refractivity contribution >= 4 is 39.1 Å². The van der Waals surface area contributed by atoms with Crippen molar-refractivity contribution in [2.24, 2.45) is 0 Å². The highest BCUT2D eigenvalue weighted by molar-refractivity contribution is 9.11. The summed E-state index contributed by atoms with van der Waals surface area (Å²) in [6.45, 7) is 2.30. The van der Waals surface area contributed by atoms with Crippen molar-refractivity contribution in [1.29, 1.82) is 0 Å². The third kappa shape index (κ3) is 6.59. The Labute approximate surface area is 159 Å². The summed E-state index contributed by atoms with van der Waals surface area (Å²) in [7, 11) is 0. The van der Waals surface area contributed by atoms with Gasteiger partial charge in [-0.3, -0.25) is 9.59 Å². The van der Waals surface area contributed by atoms with Crippen LogP contribution in [0.25, 0.3) is 0 Å². The molecule has 0 aliphatic rings. The second-order valence-corrected chi connectivity index (χ2v) is 8.18. The van der Waals surface area contributed by atoms with E-state index in [0.717, 1.165) is 16.6 Å². The zero-order chi connectivity index (χ0) is 18.2. The molecule has 2 N–H and O–H groups in total. The lowest BCUT2D eigenvalue weighted by atomic mass is 10.1. The molecule has 0 unspecified atom stereocenters. The van der Waals surface area contributed by atoms with Crippen LogP contribution >= 0.6 is 27.3 Å². The van der Waals surface area contributed by atoms with Gasteiger partial charge in [-0.15, -0.1) is 11.3 Å². The highest BCUT2D eigenvalue weighted by Gasteiger charge is 2.08. The van der Waals surface area contributed by atoms with Crippen molar-refractivity contribution in [3.05, 3.63) is 55.9 Å². The van der Waals surface area contributed by atoms with Crippen LogP contribution in [0.1, 0.15) is 33.6 Å². The van der Waals surface area contributed by atoms with Crippen LogP contribution in [0.5, 0.6) is 0 Å². The first-order chi connectivity index (χ1) is 12.0. The Hall–Kier alpha value is -1.73. The lowest BCUT2D eigenvalue weighted by Gasteiger charge is -2.08. The average molecular weight is 427 g/mol. The van der Waals surface area contributed by atoms with Crippen LogP contribution < -0.4 is 10.6 Å². The summed E-state index contributed by atoms with van der Waals surface area (Å²) in [6, 6.07) is 8.42. The lowest BCUT2D eigenvalue weighted by molar-refractivity contribution is -0.121. The fraction of sp³-hybridized carbons (Fsp3) is 0.333. The van der Waals surface area contributed by atoms with Crippen LogP contribution in [0.4, 0.5) is 4.39 Å². The Kier molecular flexibility index (Phi) is 7.58. The molecule has 0 radical (unpaired) electrons. The number of aryl methyl sites for hydroxylation is 2. The summed E-state index contributed by atoms with van der Waals surface area (Å²) >= 11 is 5.09. The molecule has 0 fully saturated rings. The van der Waals surface area contributed by atoms with Gasteiger partial charge in [0.05, 0.1) is 3.79 Å². The van der Waals surface area contributed by atoms with Gasteiger partial charge < -0.3 is 10.6 Å². The van der Waals surface area contributed by atoms with E-state index in [2.05, 4.69) is 32.6 Å². The van der Waals surface area contributed by atoms with Crippen LogP contribution in [-0.4, -0.2) is 24.9 Å². The molecule has 25 heavy (non-hydrogen) atoms. The van der Waals surface area contributed by atoms with Gasteiger partial charge in [0.15, 0.2) is 0 Å². The summed E-state index contributed by atoms with van der Waals surface area (Å²) in [5, 5.41) is 5.43. The highest BCUT2D eigenvalue weighted by Crippen LogP contribution is 2.23. The number of amides is 2. The number of carbonyl (C=O) groups excluding carboxylic acids is 2. The Morgan fingerprint density at radius 2 is 1.92 bits per heavy atom. The predicted octanol–water partition coefficient (Wildman–Crippen LogP) is 3.83. The molecule has 1 heterocycles. The van der Waals surface area contributed by atoms with Crippen LogP contribution in [0.2, 0.25) is 0 Å². The molecule has 1 aromatic carbocycles. The van der Waals surface area contributed by atoms with Crippen molar-refractivity contribution in [1.82, 2.24) is 10.6 Å². The van der Waals surface area contributed by atoms with Gasteiger partial charge in [-0.1, -0.05) is 6.07 Å². The molecule has 0 aliphatic heterocycles. The van der Waals surface area contributed by atoms with Gasteiger partial charge in [0.25, 0.3) is 5.91 Å². The summed E-state index contributed by atoms with van der Waals surface area (Å²) in [5.74, 6) is -0.790. The van der Waals surface area contributed by atoms with Gasteiger partial charge in [0, 0.05) is 30.0 Å². The second-order valence-electron chi connectivity index (χ2n) is 5.63. The van der Waals surface area contributed by atoms with Crippen molar-refractivity contribution in [3.8, 4) is 0 Å². The van der Waals surface area contributed by atoms with Crippen molar-refractivity contribution in [2.75, 3.05) is 13.1 Å². The van der Waals surface area contributed by atoms with E-state index in [9.17, 15) is 14.0 Å². The third-order valence-corrected chi connectivity index (χ3v) is 5.31. The quantitative estimate of drug-likeness (QED) is 0.630. The van der Waals surface area contributed by atoms with Gasteiger partial charge in [0.1, 0.15) is 5.82 Å². The number of thiophene rings is 1. The minimum absolute atomic E-state index is 0.0359. The summed E-state index contributed by atoms with van der Waals surface area (Å²) in [5.41, 5.74) is 0.773. The molecule has 0 saturated carbocycles. The number of halogens is 2. The second kappa shape index (κ2) is 9.68. The maximum Gasteiger partial charge on any atom is 0.251 e. The largest absolute Gasteiger partial charge is 0.354 e. The van der Waals surface area contributed by atoms with E-state index in [1.807, 2.05) is 6.07 Å². The zero-order valence-corrected chi connectivity index (χ0v) is 16.3. The van der Waals surface area contributed by atoms with E-state index >= 15 is 0 Å². The first kappa shape index (κ1) is 19.6. The molecule has 0 bridgehead atoms. The van der Waals surface area contributed by atoms with Crippen molar-refractivity contribution in [2.45, 2.75) is 26.2 Å². The molecule has 1 aromatic heterocycles. The van der Waals surface area contributed by atoms with Gasteiger partial charge >= 0.3 is 0 Å². The smallest absolute Gasteiger partial charge is 0.251 e. The van der Waals surface area contributed by atoms with Crippen LogP contribution in [0.3, 0.4) is 0 Å². The van der Waals surface area contributed by atoms with Gasteiger partial charge in [-0.25, -0.2) is 4.39 Å². The Bertz CT molecular complexity index is 748. The number of carbonyl (C=O) groups is 2. The fourth-order valence-electron chi connectivity index (χ4n) is 2.21. The molecule has 4 nitrogen and oxygen atoms in total. The maximum atomic E-state index is 13.4. The molecule has 134 valence electrons. The van der Waals surface area contributed by atoms with E-state index < -0.39 is 5.82 Å². The number of nitrogens with one attached hydrogen (secondary N) is 2. The SMILES string of the molecule is Cc1ccc(C(=O)NCCNC(=O)CCCc2ccc(Br)s2)cc1F. The summed E-state index contributed by atoms with van der Waals surface area (Å²) in [6.07, 6.45) is 2.11. The van der Waals surface area contributed by atoms with Gasteiger partial charge in [0.2, 0.25) is 5.91 Å². The minimum Gasteiger partial charge on any atom is -0.354 e. The third-order valence-electron chi connectivity index (χ3n) is 3.62. The normalized spacial score (nSPS) is 10.5. The monoisotopic (exact) mass is 426 g/mol. The minimum atomic E-state index is -0.404. The summed E-state index contributed by atoms with van der Waals surface area (Å²) in [4.78, 5) is 24.9.